The van der Waals surface area contributed by atoms with E-state index in [4.69, 9.17) is 5.11 Å². The highest BCUT2D eigenvalue weighted by Gasteiger charge is 2.20. The van der Waals surface area contributed by atoms with Gasteiger partial charge in [0.25, 0.3) is 0 Å². The Labute approximate surface area is 119 Å². The molecule has 20 heavy (non-hydrogen) atoms. The summed E-state index contributed by atoms with van der Waals surface area (Å²) in [5.74, 6) is -0.827. The van der Waals surface area contributed by atoms with Gasteiger partial charge in [-0.25, -0.2) is 9.59 Å². The third kappa shape index (κ3) is 4.91. The van der Waals surface area contributed by atoms with E-state index in [2.05, 4.69) is 10.6 Å². The number of carboxylic acid groups (broad SMARTS) is 1. The molecule has 2 amide bonds. The number of urea groups is 1. The third-order valence-electron chi connectivity index (χ3n) is 3.08. The van der Waals surface area contributed by atoms with Crippen LogP contribution in [0.3, 0.4) is 0 Å². The Bertz CT molecular complexity index is 498. The van der Waals surface area contributed by atoms with Gasteiger partial charge >= 0.3 is 12.0 Å². The second kappa shape index (κ2) is 6.93. The van der Waals surface area contributed by atoms with Gasteiger partial charge in [0.05, 0.1) is 0 Å². The normalized spacial score (nSPS) is 12.1. The van der Waals surface area contributed by atoms with Crippen molar-refractivity contribution in [1.29, 1.82) is 0 Å². The van der Waals surface area contributed by atoms with Crippen molar-refractivity contribution in [3.05, 3.63) is 29.3 Å². The number of hydrogen-bond donors (Lipinski definition) is 3. The van der Waals surface area contributed by atoms with Crippen molar-refractivity contribution in [2.75, 3.05) is 5.32 Å². The Balaban J connectivity index is 2.65. The molecule has 0 saturated carbocycles. The van der Waals surface area contributed by atoms with Crippen LogP contribution in [-0.2, 0) is 4.79 Å². The molecule has 0 spiro atoms. The van der Waals surface area contributed by atoms with E-state index >= 15 is 0 Å². The van der Waals surface area contributed by atoms with Gasteiger partial charge in [0.2, 0.25) is 0 Å². The highest BCUT2D eigenvalue weighted by atomic mass is 16.4. The van der Waals surface area contributed by atoms with Crippen molar-refractivity contribution in [1.82, 2.24) is 5.32 Å². The van der Waals surface area contributed by atoms with E-state index in [1.807, 2.05) is 39.8 Å². The summed E-state index contributed by atoms with van der Waals surface area (Å²) in [7, 11) is 0. The summed E-state index contributed by atoms with van der Waals surface area (Å²) >= 11 is 0. The summed E-state index contributed by atoms with van der Waals surface area (Å²) in [6.45, 7) is 7.78. The minimum atomic E-state index is -1.02. The predicted molar refractivity (Wildman–Crippen MR) is 78.9 cm³/mol. The molecule has 3 N–H and O–H groups in total. The molecule has 1 rings (SSSR count). The molecule has 0 fully saturated rings. The van der Waals surface area contributed by atoms with Gasteiger partial charge in [0, 0.05) is 5.69 Å². The molecular formula is C15H22N2O3. The van der Waals surface area contributed by atoms with Crippen LogP contribution in [0.2, 0.25) is 0 Å². The Kier molecular flexibility index (Phi) is 5.55. The second-order valence-corrected chi connectivity index (χ2v) is 5.42. The van der Waals surface area contributed by atoms with Crippen molar-refractivity contribution < 1.29 is 14.7 Å². The largest absolute Gasteiger partial charge is 0.480 e. The fourth-order valence-electron chi connectivity index (χ4n) is 1.84. The molecule has 1 atom stereocenters. The highest BCUT2D eigenvalue weighted by Crippen LogP contribution is 2.14. The minimum absolute atomic E-state index is 0.193. The molecule has 0 aliphatic heterocycles. The zero-order valence-corrected chi connectivity index (χ0v) is 12.4. The first kappa shape index (κ1) is 16.0. The van der Waals surface area contributed by atoms with Crippen LogP contribution in [0.15, 0.2) is 18.2 Å². The summed E-state index contributed by atoms with van der Waals surface area (Å²) < 4.78 is 0. The molecule has 0 aliphatic rings. The van der Waals surface area contributed by atoms with Gasteiger partial charge in [-0.05, 0) is 49.4 Å². The summed E-state index contributed by atoms with van der Waals surface area (Å²) in [4.78, 5) is 22.9. The minimum Gasteiger partial charge on any atom is -0.480 e. The van der Waals surface area contributed by atoms with Gasteiger partial charge in [0.1, 0.15) is 6.04 Å². The van der Waals surface area contributed by atoms with E-state index in [1.54, 1.807) is 6.07 Å². The topological polar surface area (TPSA) is 78.4 Å². The molecule has 5 heteroatoms. The van der Waals surface area contributed by atoms with Gasteiger partial charge < -0.3 is 15.7 Å². The fraction of sp³-hybridized carbons (Fsp3) is 0.467. The van der Waals surface area contributed by atoms with Crippen LogP contribution >= 0.6 is 0 Å². The van der Waals surface area contributed by atoms with E-state index in [0.29, 0.717) is 12.1 Å². The average Bonchev–Trinajstić information content (AvgIpc) is 2.32. The zero-order valence-electron chi connectivity index (χ0n) is 12.4. The first-order chi connectivity index (χ1) is 9.29. The number of nitrogens with one attached hydrogen (secondary N) is 2. The first-order valence-electron chi connectivity index (χ1n) is 6.67. The number of carbonyl (C=O) groups is 2. The van der Waals surface area contributed by atoms with Gasteiger partial charge in [-0.15, -0.1) is 0 Å². The molecule has 0 bridgehead atoms. The predicted octanol–water partition coefficient (Wildman–Crippen LogP) is 2.92. The van der Waals surface area contributed by atoms with E-state index in [0.717, 1.165) is 11.1 Å². The number of aliphatic carboxylic acids is 1. The molecule has 1 aromatic rings. The van der Waals surface area contributed by atoms with Crippen LogP contribution < -0.4 is 10.6 Å². The van der Waals surface area contributed by atoms with Crippen LogP contribution in [0.4, 0.5) is 10.5 Å². The molecule has 0 saturated heterocycles. The van der Waals surface area contributed by atoms with Crippen molar-refractivity contribution in [2.24, 2.45) is 5.92 Å². The molecule has 5 nitrogen and oxygen atoms in total. The Morgan fingerprint density at radius 2 is 1.85 bits per heavy atom. The Morgan fingerprint density at radius 1 is 1.20 bits per heavy atom. The molecule has 1 aromatic carbocycles. The number of rotatable bonds is 5. The summed E-state index contributed by atoms with van der Waals surface area (Å²) in [6.07, 6.45) is 0.398. The summed E-state index contributed by atoms with van der Waals surface area (Å²) in [5.41, 5.74) is 2.86. The summed E-state index contributed by atoms with van der Waals surface area (Å²) in [6, 6.07) is 4.18. The zero-order chi connectivity index (χ0) is 15.3. The van der Waals surface area contributed by atoms with Crippen molar-refractivity contribution in [3.63, 3.8) is 0 Å². The fourth-order valence-corrected chi connectivity index (χ4v) is 1.84. The number of anilines is 1. The highest BCUT2D eigenvalue weighted by molar-refractivity contribution is 5.92. The number of hydrogen-bond acceptors (Lipinski definition) is 2. The van der Waals surface area contributed by atoms with Gasteiger partial charge in [-0.2, -0.15) is 0 Å². The van der Waals surface area contributed by atoms with Gasteiger partial charge in [-0.3, -0.25) is 0 Å². The maximum Gasteiger partial charge on any atom is 0.326 e. The Hall–Kier alpha value is -2.04. The number of benzene rings is 1. The van der Waals surface area contributed by atoms with Gasteiger partial charge in [-0.1, -0.05) is 19.9 Å². The molecule has 0 radical (unpaired) electrons. The number of carbonyl (C=O) groups excluding carboxylic acids is 1. The van der Waals surface area contributed by atoms with Gasteiger partial charge in [0.15, 0.2) is 0 Å². The maximum atomic E-state index is 11.8. The number of carboxylic acids is 1. The lowest BCUT2D eigenvalue weighted by Gasteiger charge is -2.17. The second-order valence-electron chi connectivity index (χ2n) is 5.42. The lowest BCUT2D eigenvalue weighted by molar-refractivity contribution is -0.139. The van der Waals surface area contributed by atoms with E-state index in [-0.39, 0.29) is 5.92 Å². The number of aryl methyl sites for hydroxylation is 2. The van der Waals surface area contributed by atoms with E-state index in [1.165, 1.54) is 0 Å². The molecule has 0 unspecified atom stereocenters. The molecule has 110 valence electrons. The lowest BCUT2D eigenvalue weighted by Crippen LogP contribution is -2.43. The monoisotopic (exact) mass is 278 g/mol. The first-order valence-corrected chi connectivity index (χ1v) is 6.67. The van der Waals surface area contributed by atoms with Crippen molar-refractivity contribution in [2.45, 2.75) is 40.2 Å². The third-order valence-corrected chi connectivity index (χ3v) is 3.08. The average molecular weight is 278 g/mol. The van der Waals surface area contributed by atoms with Crippen LogP contribution in [0.25, 0.3) is 0 Å². The Morgan fingerprint density at radius 3 is 2.35 bits per heavy atom. The van der Waals surface area contributed by atoms with Crippen LogP contribution in [0.1, 0.15) is 31.4 Å². The van der Waals surface area contributed by atoms with Crippen LogP contribution in [-0.4, -0.2) is 23.1 Å². The van der Waals surface area contributed by atoms with Crippen molar-refractivity contribution in [3.8, 4) is 0 Å². The molecule has 0 heterocycles. The van der Waals surface area contributed by atoms with Crippen LogP contribution in [0.5, 0.6) is 0 Å². The van der Waals surface area contributed by atoms with E-state index < -0.39 is 18.0 Å². The quantitative estimate of drug-likeness (QED) is 0.775. The van der Waals surface area contributed by atoms with Crippen LogP contribution in [0, 0.1) is 19.8 Å². The van der Waals surface area contributed by atoms with E-state index in [9.17, 15) is 9.59 Å². The summed E-state index contributed by atoms with van der Waals surface area (Å²) in [5, 5.41) is 14.2. The standard InChI is InChI=1S/C15H22N2O3/c1-9(2)7-13(14(18)19)17-15(20)16-12-6-5-10(3)11(4)8-12/h5-6,8-9,13H,7H2,1-4H3,(H,18,19)(H2,16,17,20)/t13-/m1/s1. The SMILES string of the molecule is Cc1ccc(NC(=O)N[C@H](CC(C)C)C(=O)O)cc1C. The smallest absolute Gasteiger partial charge is 0.326 e. The molecule has 0 aliphatic carbocycles. The number of amides is 2. The molecule has 0 aromatic heterocycles. The lowest BCUT2D eigenvalue weighted by atomic mass is 10.0. The van der Waals surface area contributed by atoms with Crippen molar-refractivity contribution >= 4 is 17.7 Å². The molecular weight excluding hydrogens is 256 g/mol. The maximum absolute atomic E-state index is 11.8.